The van der Waals surface area contributed by atoms with E-state index in [4.69, 9.17) is 10.5 Å². The van der Waals surface area contributed by atoms with Gasteiger partial charge in [0.05, 0.1) is 0 Å². The number of nitrogens with zero attached hydrogens (tertiary/aromatic N) is 1. The van der Waals surface area contributed by atoms with E-state index < -0.39 is 0 Å². The summed E-state index contributed by atoms with van der Waals surface area (Å²) in [7, 11) is 0. The van der Waals surface area contributed by atoms with E-state index in [9.17, 15) is 0 Å². The summed E-state index contributed by atoms with van der Waals surface area (Å²) < 4.78 is 5.59. The van der Waals surface area contributed by atoms with Crippen molar-refractivity contribution < 1.29 is 4.74 Å². The molecule has 3 heteroatoms. The van der Waals surface area contributed by atoms with Gasteiger partial charge in [0.25, 0.3) is 0 Å². The van der Waals surface area contributed by atoms with Crippen molar-refractivity contribution in [2.24, 2.45) is 5.73 Å². The lowest BCUT2D eigenvalue weighted by atomic mass is 9.98. The molecule has 0 fully saturated rings. The molecule has 0 bridgehead atoms. The summed E-state index contributed by atoms with van der Waals surface area (Å²) in [6.45, 7) is 0.613. The van der Waals surface area contributed by atoms with Crippen molar-refractivity contribution >= 4 is 0 Å². The Morgan fingerprint density at radius 2 is 1.94 bits per heavy atom. The second-order valence-corrected chi connectivity index (χ2v) is 4.33. The third-order valence-electron chi connectivity index (χ3n) is 3.01. The lowest BCUT2D eigenvalue weighted by Gasteiger charge is -2.22. The standard InChI is InChI=1S/C14H14N2O/c15-13-8-12-7-11(1-2-14(12)17-9-13)10-3-5-16-6-4-10/h1-7,13H,8-9,15H2/t13-/m1/s1. The molecule has 2 heterocycles. The number of ether oxygens (including phenoxy) is 1. The van der Waals surface area contributed by atoms with Crippen molar-refractivity contribution in [1.82, 2.24) is 4.98 Å². The summed E-state index contributed by atoms with van der Waals surface area (Å²) in [6.07, 6.45) is 4.49. The maximum Gasteiger partial charge on any atom is 0.122 e. The van der Waals surface area contributed by atoms with Gasteiger partial charge in [-0.05, 0) is 47.4 Å². The molecule has 1 aromatic carbocycles. The fourth-order valence-corrected chi connectivity index (χ4v) is 2.14. The first-order valence-electron chi connectivity index (χ1n) is 5.74. The number of aromatic nitrogens is 1. The Bertz CT molecular complexity index is 525. The van der Waals surface area contributed by atoms with Gasteiger partial charge < -0.3 is 10.5 Å². The van der Waals surface area contributed by atoms with Crippen molar-refractivity contribution in [3.63, 3.8) is 0 Å². The van der Waals surface area contributed by atoms with E-state index in [2.05, 4.69) is 17.1 Å². The molecule has 86 valence electrons. The average Bonchev–Trinajstić information content (AvgIpc) is 2.39. The molecule has 2 N–H and O–H groups in total. The highest BCUT2D eigenvalue weighted by Crippen LogP contribution is 2.29. The molecular weight excluding hydrogens is 212 g/mol. The Hall–Kier alpha value is -1.87. The maximum atomic E-state index is 5.90. The molecule has 1 aromatic heterocycles. The molecule has 1 aliphatic rings. The van der Waals surface area contributed by atoms with E-state index in [0.29, 0.717) is 6.61 Å². The van der Waals surface area contributed by atoms with Crippen LogP contribution in [0.25, 0.3) is 11.1 Å². The lowest BCUT2D eigenvalue weighted by molar-refractivity contribution is 0.263. The highest BCUT2D eigenvalue weighted by atomic mass is 16.5. The smallest absolute Gasteiger partial charge is 0.122 e. The van der Waals surface area contributed by atoms with Crippen LogP contribution in [0, 0.1) is 0 Å². The van der Waals surface area contributed by atoms with Crippen molar-refractivity contribution in [2.45, 2.75) is 12.5 Å². The lowest BCUT2D eigenvalue weighted by Crippen LogP contribution is -2.33. The van der Waals surface area contributed by atoms with Gasteiger partial charge in [-0.1, -0.05) is 6.07 Å². The van der Waals surface area contributed by atoms with E-state index in [1.807, 2.05) is 18.2 Å². The molecule has 0 radical (unpaired) electrons. The summed E-state index contributed by atoms with van der Waals surface area (Å²) in [6, 6.07) is 10.4. The molecule has 3 rings (SSSR count). The summed E-state index contributed by atoms with van der Waals surface area (Å²) in [4.78, 5) is 4.03. The van der Waals surface area contributed by atoms with Crippen molar-refractivity contribution in [1.29, 1.82) is 0 Å². The molecule has 1 atom stereocenters. The average molecular weight is 226 g/mol. The van der Waals surface area contributed by atoms with Crippen molar-refractivity contribution in [3.05, 3.63) is 48.3 Å². The molecule has 0 saturated carbocycles. The summed E-state index contributed by atoms with van der Waals surface area (Å²) >= 11 is 0. The van der Waals surface area contributed by atoms with Gasteiger partial charge in [0.2, 0.25) is 0 Å². The monoisotopic (exact) mass is 226 g/mol. The van der Waals surface area contributed by atoms with Crippen LogP contribution in [0.2, 0.25) is 0 Å². The number of fused-ring (bicyclic) bond motifs is 1. The minimum Gasteiger partial charge on any atom is -0.492 e. The highest BCUT2D eigenvalue weighted by Gasteiger charge is 2.16. The van der Waals surface area contributed by atoms with E-state index >= 15 is 0 Å². The van der Waals surface area contributed by atoms with Gasteiger partial charge in [-0.15, -0.1) is 0 Å². The normalized spacial score (nSPS) is 18.3. The van der Waals surface area contributed by atoms with Crippen LogP contribution in [0.15, 0.2) is 42.7 Å². The van der Waals surface area contributed by atoms with Crippen molar-refractivity contribution in [3.8, 4) is 16.9 Å². The van der Waals surface area contributed by atoms with E-state index in [1.54, 1.807) is 12.4 Å². The molecule has 1 aliphatic heterocycles. The van der Waals surface area contributed by atoms with Crippen LogP contribution in [0.5, 0.6) is 5.75 Å². The number of hydrogen-bond donors (Lipinski definition) is 1. The fourth-order valence-electron chi connectivity index (χ4n) is 2.14. The summed E-state index contributed by atoms with van der Waals surface area (Å²) in [5, 5.41) is 0. The Morgan fingerprint density at radius 3 is 2.76 bits per heavy atom. The van der Waals surface area contributed by atoms with Gasteiger partial charge >= 0.3 is 0 Å². The summed E-state index contributed by atoms with van der Waals surface area (Å²) in [5.74, 6) is 0.963. The van der Waals surface area contributed by atoms with Crippen LogP contribution < -0.4 is 10.5 Å². The molecule has 2 aromatic rings. The van der Waals surface area contributed by atoms with Crippen LogP contribution in [-0.4, -0.2) is 17.6 Å². The number of pyridine rings is 1. The number of hydrogen-bond acceptors (Lipinski definition) is 3. The molecule has 0 spiro atoms. The Kier molecular flexibility index (Phi) is 2.53. The largest absolute Gasteiger partial charge is 0.492 e. The molecule has 0 unspecified atom stereocenters. The van der Waals surface area contributed by atoms with Crippen LogP contribution in [0.3, 0.4) is 0 Å². The van der Waals surface area contributed by atoms with Crippen LogP contribution in [-0.2, 0) is 6.42 Å². The van der Waals surface area contributed by atoms with E-state index in [1.165, 1.54) is 16.7 Å². The first-order valence-corrected chi connectivity index (χ1v) is 5.74. The molecule has 0 saturated heterocycles. The second-order valence-electron chi connectivity index (χ2n) is 4.33. The zero-order chi connectivity index (χ0) is 11.7. The quantitative estimate of drug-likeness (QED) is 0.809. The van der Waals surface area contributed by atoms with E-state index in [0.717, 1.165) is 12.2 Å². The third-order valence-corrected chi connectivity index (χ3v) is 3.01. The number of nitrogens with two attached hydrogens (primary N) is 1. The van der Waals surface area contributed by atoms with Crippen molar-refractivity contribution in [2.75, 3.05) is 6.61 Å². The Labute approximate surface area is 100 Å². The molecule has 0 aliphatic carbocycles. The predicted octanol–water partition coefficient (Wildman–Crippen LogP) is 2.01. The van der Waals surface area contributed by atoms with Crippen LogP contribution in [0.4, 0.5) is 0 Å². The SMILES string of the molecule is N[C@H]1COc2ccc(-c3ccncc3)cc2C1. The van der Waals surface area contributed by atoms with Gasteiger partial charge in [0.15, 0.2) is 0 Å². The first kappa shape index (κ1) is 10.3. The van der Waals surface area contributed by atoms with Gasteiger partial charge in [-0.2, -0.15) is 0 Å². The predicted molar refractivity (Wildman–Crippen MR) is 66.8 cm³/mol. The zero-order valence-electron chi connectivity index (χ0n) is 9.47. The van der Waals surface area contributed by atoms with Crippen LogP contribution in [0.1, 0.15) is 5.56 Å². The molecule has 17 heavy (non-hydrogen) atoms. The van der Waals surface area contributed by atoms with Gasteiger partial charge in [0, 0.05) is 18.4 Å². The highest BCUT2D eigenvalue weighted by molar-refractivity contribution is 5.65. The van der Waals surface area contributed by atoms with Gasteiger partial charge in [-0.3, -0.25) is 4.98 Å². The maximum absolute atomic E-state index is 5.90. The van der Waals surface area contributed by atoms with Crippen LogP contribution >= 0.6 is 0 Å². The molecular formula is C14H14N2O. The molecule has 0 amide bonds. The van der Waals surface area contributed by atoms with Gasteiger partial charge in [-0.25, -0.2) is 0 Å². The minimum atomic E-state index is 0.107. The topological polar surface area (TPSA) is 48.1 Å². The zero-order valence-corrected chi connectivity index (χ0v) is 9.47. The number of benzene rings is 1. The Morgan fingerprint density at radius 1 is 1.12 bits per heavy atom. The van der Waals surface area contributed by atoms with E-state index in [-0.39, 0.29) is 6.04 Å². The minimum absolute atomic E-state index is 0.107. The van der Waals surface area contributed by atoms with Gasteiger partial charge in [0.1, 0.15) is 12.4 Å². The molecule has 3 nitrogen and oxygen atoms in total. The summed E-state index contributed by atoms with van der Waals surface area (Å²) in [5.41, 5.74) is 9.45. The Balaban J connectivity index is 2.01. The first-order chi connectivity index (χ1) is 8.33. The fraction of sp³-hybridized carbons (Fsp3) is 0.214. The second kappa shape index (κ2) is 4.18. The third kappa shape index (κ3) is 2.01. The number of rotatable bonds is 1.